The summed E-state index contributed by atoms with van der Waals surface area (Å²) in [5, 5.41) is 28.4. The van der Waals surface area contributed by atoms with E-state index in [1.54, 1.807) is 13.8 Å². The molecule has 2 atom stereocenters. The summed E-state index contributed by atoms with van der Waals surface area (Å²) >= 11 is 0. The van der Waals surface area contributed by atoms with Crippen LogP contribution in [0.25, 0.3) is 0 Å². The van der Waals surface area contributed by atoms with Gasteiger partial charge in [0.05, 0.1) is 6.61 Å². The zero-order valence-electron chi connectivity index (χ0n) is 12.6. The van der Waals surface area contributed by atoms with Crippen molar-refractivity contribution in [3.63, 3.8) is 0 Å². The molecule has 6 nitrogen and oxygen atoms in total. The third kappa shape index (κ3) is 5.75. The maximum absolute atomic E-state index is 11.7. The monoisotopic (exact) mass is 287 g/mol. The van der Waals surface area contributed by atoms with Gasteiger partial charge in [0.2, 0.25) is 5.91 Å². The van der Waals surface area contributed by atoms with E-state index in [4.69, 9.17) is 5.11 Å². The van der Waals surface area contributed by atoms with E-state index in [0.29, 0.717) is 12.6 Å². The average Bonchev–Trinajstić information content (AvgIpc) is 2.47. The molecule has 0 spiro atoms. The Kier molecular flexibility index (Phi) is 7.43. The first-order valence-electron chi connectivity index (χ1n) is 7.48. The van der Waals surface area contributed by atoms with Gasteiger partial charge in [-0.15, -0.1) is 0 Å². The number of rotatable bonds is 8. The highest BCUT2D eigenvalue weighted by atomic mass is 16.3. The summed E-state index contributed by atoms with van der Waals surface area (Å²) in [6, 6.07) is 0.526. The normalized spacial score (nSPS) is 21.5. The van der Waals surface area contributed by atoms with E-state index >= 15 is 0 Å². The van der Waals surface area contributed by atoms with Crippen molar-refractivity contribution >= 4 is 5.91 Å². The van der Waals surface area contributed by atoms with Gasteiger partial charge in [-0.2, -0.15) is 0 Å². The number of carbonyl (C=O) groups excluding carboxylic acids is 1. The predicted octanol–water partition coefficient (Wildman–Crippen LogP) is -0.786. The van der Waals surface area contributed by atoms with Gasteiger partial charge in [-0.1, -0.05) is 13.8 Å². The second-order valence-corrected chi connectivity index (χ2v) is 6.19. The van der Waals surface area contributed by atoms with Crippen LogP contribution in [-0.2, 0) is 4.79 Å². The fraction of sp³-hybridized carbons (Fsp3) is 0.929. The van der Waals surface area contributed by atoms with E-state index in [1.807, 2.05) is 0 Å². The predicted molar refractivity (Wildman–Crippen MR) is 78.4 cm³/mol. The van der Waals surface area contributed by atoms with Crippen LogP contribution in [0.1, 0.15) is 33.1 Å². The summed E-state index contributed by atoms with van der Waals surface area (Å²) in [5.41, 5.74) is -0.809. The van der Waals surface area contributed by atoms with Gasteiger partial charge in [-0.05, 0) is 32.4 Å². The third-order valence-electron chi connectivity index (χ3n) is 3.78. The largest absolute Gasteiger partial charge is 0.396 e. The molecule has 1 saturated heterocycles. The Balaban J connectivity index is 2.09. The Morgan fingerprint density at radius 2 is 2.20 bits per heavy atom. The molecule has 0 aromatic rings. The standard InChI is InChI=1S/C14H29N3O3/c1-14(2,10-18)12(19)13(20)17-8-4-7-16-11-5-3-6-15-9-11/h11-12,15-16,18-19H,3-10H2,1-2H3,(H,17,20). The zero-order valence-corrected chi connectivity index (χ0v) is 12.6. The molecule has 5 N–H and O–H groups in total. The van der Waals surface area contributed by atoms with Crippen molar-refractivity contribution < 1.29 is 15.0 Å². The molecule has 0 bridgehead atoms. The molecule has 6 heteroatoms. The summed E-state index contributed by atoms with van der Waals surface area (Å²) in [4.78, 5) is 11.7. The summed E-state index contributed by atoms with van der Waals surface area (Å²) in [7, 11) is 0. The van der Waals surface area contributed by atoms with Crippen LogP contribution in [0, 0.1) is 5.41 Å². The molecule has 1 amide bonds. The molecule has 0 radical (unpaired) electrons. The Hall–Kier alpha value is -0.690. The van der Waals surface area contributed by atoms with Gasteiger partial charge in [0.25, 0.3) is 0 Å². The van der Waals surface area contributed by atoms with Gasteiger partial charge in [-0.25, -0.2) is 0 Å². The lowest BCUT2D eigenvalue weighted by molar-refractivity contribution is -0.137. The molecule has 0 saturated carbocycles. The second-order valence-electron chi connectivity index (χ2n) is 6.19. The lowest BCUT2D eigenvalue weighted by atomic mass is 9.87. The Bertz CT molecular complexity index is 291. The first-order chi connectivity index (χ1) is 9.47. The SMILES string of the molecule is CC(C)(CO)C(O)C(=O)NCCCNC1CCCNC1. The van der Waals surface area contributed by atoms with Crippen molar-refractivity contribution in [1.82, 2.24) is 16.0 Å². The van der Waals surface area contributed by atoms with Crippen molar-refractivity contribution in [1.29, 1.82) is 0 Å². The van der Waals surface area contributed by atoms with E-state index in [1.165, 1.54) is 12.8 Å². The second kappa shape index (κ2) is 8.56. The Morgan fingerprint density at radius 1 is 1.45 bits per heavy atom. The summed E-state index contributed by atoms with van der Waals surface area (Å²) in [6.07, 6.45) is 2.05. The minimum Gasteiger partial charge on any atom is -0.396 e. The number of piperidine rings is 1. The number of aliphatic hydroxyl groups is 2. The fourth-order valence-electron chi connectivity index (χ4n) is 2.17. The van der Waals surface area contributed by atoms with E-state index < -0.39 is 17.4 Å². The van der Waals surface area contributed by atoms with E-state index in [9.17, 15) is 9.90 Å². The molecule has 0 aliphatic carbocycles. The number of carbonyl (C=O) groups is 1. The molecule has 1 rings (SSSR count). The summed E-state index contributed by atoms with van der Waals surface area (Å²) < 4.78 is 0. The van der Waals surface area contributed by atoms with Gasteiger partial charge in [0.1, 0.15) is 6.10 Å². The van der Waals surface area contributed by atoms with Crippen molar-refractivity contribution in [3.05, 3.63) is 0 Å². The Morgan fingerprint density at radius 3 is 2.80 bits per heavy atom. The van der Waals surface area contributed by atoms with Crippen molar-refractivity contribution in [2.24, 2.45) is 5.41 Å². The van der Waals surface area contributed by atoms with Crippen LogP contribution in [0.4, 0.5) is 0 Å². The topological polar surface area (TPSA) is 93.6 Å². The number of hydrogen-bond donors (Lipinski definition) is 5. The van der Waals surface area contributed by atoms with Crippen LogP contribution >= 0.6 is 0 Å². The average molecular weight is 287 g/mol. The van der Waals surface area contributed by atoms with Crippen molar-refractivity contribution in [2.45, 2.75) is 45.3 Å². The molecule has 0 aromatic heterocycles. The van der Waals surface area contributed by atoms with Gasteiger partial charge in [0, 0.05) is 24.5 Å². The van der Waals surface area contributed by atoms with Crippen LogP contribution in [0.3, 0.4) is 0 Å². The summed E-state index contributed by atoms with van der Waals surface area (Å²) in [6.45, 7) is 6.60. The van der Waals surface area contributed by atoms with Crippen LogP contribution in [0.5, 0.6) is 0 Å². The fourth-order valence-corrected chi connectivity index (χ4v) is 2.17. The quantitative estimate of drug-likeness (QED) is 0.377. The van der Waals surface area contributed by atoms with Gasteiger partial charge in [-0.3, -0.25) is 4.79 Å². The number of nitrogens with one attached hydrogen (secondary N) is 3. The molecule has 118 valence electrons. The molecule has 1 aliphatic rings. The van der Waals surface area contributed by atoms with Gasteiger partial charge < -0.3 is 26.2 Å². The molecular weight excluding hydrogens is 258 g/mol. The Labute approximate surface area is 121 Å². The molecule has 1 aliphatic heterocycles. The minimum absolute atomic E-state index is 0.224. The first kappa shape index (κ1) is 17.4. The molecule has 2 unspecified atom stereocenters. The van der Waals surface area contributed by atoms with E-state index in [0.717, 1.165) is 26.1 Å². The number of aliphatic hydroxyl groups excluding tert-OH is 2. The highest BCUT2D eigenvalue weighted by molar-refractivity contribution is 5.81. The highest BCUT2D eigenvalue weighted by Crippen LogP contribution is 2.19. The lowest BCUT2D eigenvalue weighted by Crippen LogP contribution is -2.46. The third-order valence-corrected chi connectivity index (χ3v) is 3.78. The molecular formula is C14H29N3O3. The summed E-state index contributed by atoms with van der Waals surface area (Å²) in [5.74, 6) is -0.414. The number of amides is 1. The van der Waals surface area contributed by atoms with Crippen LogP contribution < -0.4 is 16.0 Å². The molecule has 0 aromatic carbocycles. The van der Waals surface area contributed by atoms with E-state index in [2.05, 4.69) is 16.0 Å². The van der Waals surface area contributed by atoms with E-state index in [-0.39, 0.29) is 6.61 Å². The maximum atomic E-state index is 11.7. The van der Waals surface area contributed by atoms with Crippen molar-refractivity contribution in [3.8, 4) is 0 Å². The molecule has 20 heavy (non-hydrogen) atoms. The zero-order chi connectivity index (χ0) is 15.0. The van der Waals surface area contributed by atoms with Crippen LogP contribution in [0.2, 0.25) is 0 Å². The lowest BCUT2D eigenvalue weighted by Gasteiger charge is -2.27. The molecule has 1 fully saturated rings. The highest BCUT2D eigenvalue weighted by Gasteiger charge is 2.32. The maximum Gasteiger partial charge on any atom is 0.249 e. The van der Waals surface area contributed by atoms with Crippen LogP contribution in [-0.4, -0.2) is 61.1 Å². The van der Waals surface area contributed by atoms with Gasteiger partial charge >= 0.3 is 0 Å². The van der Waals surface area contributed by atoms with Crippen LogP contribution in [0.15, 0.2) is 0 Å². The first-order valence-corrected chi connectivity index (χ1v) is 7.48. The molecule has 1 heterocycles. The number of hydrogen-bond acceptors (Lipinski definition) is 5. The smallest absolute Gasteiger partial charge is 0.249 e. The van der Waals surface area contributed by atoms with Gasteiger partial charge in [0.15, 0.2) is 0 Å². The minimum atomic E-state index is -1.18. The van der Waals surface area contributed by atoms with Crippen molar-refractivity contribution in [2.75, 3.05) is 32.8 Å².